The Morgan fingerprint density at radius 1 is 1.10 bits per heavy atom. The second-order valence-electron chi connectivity index (χ2n) is 6.27. The topological polar surface area (TPSA) is 38.7 Å². The predicted octanol–water partition coefficient (Wildman–Crippen LogP) is 2.69. The van der Waals surface area contributed by atoms with Crippen LogP contribution in [-0.2, 0) is 15.9 Å². The number of hydrogen-bond acceptors (Lipinski definition) is 4. The Morgan fingerprint density at radius 2 is 1.75 bits per heavy atom. The van der Waals surface area contributed by atoms with Crippen molar-refractivity contribution < 1.29 is 14.4 Å². The highest BCUT2D eigenvalue weighted by atomic mass is 32.1. The van der Waals surface area contributed by atoms with E-state index < -0.39 is 0 Å². The minimum Gasteiger partial charge on any atom is -0.399 e. The first-order valence-electron chi connectivity index (χ1n) is 6.81. The zero-order valence-corrected chi connectivity index (χ0v) is 13.1. The first-order valence-corrected chi connectivity index (χ1v) is 7.63. The lowest BCUT2D eigenvalue weighted by Gasteiger charge is -2.32. The molecule has 1 aliphatic heterocycles. The van der Waals surface area contributed by atoms with Gasteiger partial charge in [0.1, 0.15) is 0 Å². The van der Waals surface area contributed by atoms with Gasteiger partial charge < -0.3 is 14.4 Å². The molecule has 1 fully saturated rings. The van der Waals surface area contributed by atoms with Crippen LogP contribution in [-0.4, -0.2) is 23.4 Å². The van der Waals surface area contributed by atoms with Crippen molar-refractivity contribution in [1.29, 1.82) is 0 Å². The van der Waals surface area contributed by atoms with Crippen molar-refractivity contribution in [2.45, 2.75) is 45.5 Å². The van der Waals surface area contributed by atoms with Crippen molar-refractivity contribution in [3.05, 3.63) is 29.8 Å². The summed E-state index contributed by atoms with van der Waals surface area (Å²) in [6, 6.07) is 8.11. The van der Waals surface area contributed by atoms with Crippen molar-refractivity contribution >= 4 is 33.3 Å². The molecule has 0 aliphatic carbocycles. The van der Waals surface area contributed by atoms with E-state index in [0.29, 0.717) is 0 Å². The van der Waals surface area contributed by atoms with Gasteiger partial charge in [0.05, 0.1) is 17.8 Å². The first-order chi connectivity index (χ1) is 9.32. The number of aliphatic hydroxyl groups excluding tert-OH is 1. The van der Waals surface area contributed by atoms with E-state index in [4.69, 9.17) is 9.31 Å². The van der Waals surface area contributed by atoms with Crippen molar-refractivity contribution in [3.63, 3.8) is 0 Å². The third-order valence-corrected chi connectivity index (χ3v) is 5.41. The molecule has 0 radical (unpaired) electrons. The van der Waals surface area contributed by atoms with E-state index in [1.54, 1.807) is 11.3 Å². The maximum atomic E-state index is 9.21. The SMILES string of the molecule is CC1(C)OB(c2cc3cc(CO)ccc3s2)OC1(C)C. The summed E-state index contributed by atoms with van der Waals surface area (Å²) in [6.07, 6.45) is 0. The Labute approximate surface area is 123 Å². The number of thiophene rings is 1. The molecule has 2 aromatic rings. The molecule has 1 saturated heterocycles. The van der Waals surface area contributed by atoms with Crippen molar-refractivity contribution in [1.82, 2.24) is 0 Å². The largest absolute Gasteiger partial charge is 0.505 e. The molecule has 0 spiro atoms. The third-order valence-electron chi connectivity index (χ3n) is 4.27. The summed E-state index contributed by atoms with van der Waals surface area (Å²) >= 11 is 1.68. The monoisotopic (exact) mass is 290 g/mol. The molecule has 3 nitrogen and oxygen atoms in total. The van der Waals surface area contributed by atoms with E-state index >= 15 is 0 Å². The van der Waals surface area contributed by atoms with Crippen LogP contribution in [0.3, 0.4) is 0 Å². The third kappa shape index (κ3) is 2.19. The van der Waals surface area contributed by atoms with Crippen molar-refractivity contribution in [2.75, 3.05) is 0 Å². The molecule has 1 aromatic carbocycles. The molecule has 0 saturated carbocycles. The first kappa shape index (κ1) is 14.1. The lowest BCUT2D eigenvalue weighted by Crippen LogP contribution is -2.41. The van der Waals surface area contributed by atoms with Gasteiger partial charge in [-0.3, -0.25) is 0 Å². The van der Waals surface area contributed by atoms with E-state index in [-0.39, 0.29) is 24.9 Å². The zero-order chi connectivity index (χ0) is 14.5. The van der Waals surface area contributed by atoms with E-state index in [1.807, 2.05) is 18.2 Å². The van der Waals surface area contributed by atoms with Gasteiger partial charge in [-0.25, -0.2) is 0 Å². The van der Waals surface area contributed by atoms with Gasteiger partial charge >= 0.3 is 7.12 Å². The number of hydrogen-bond donors (Lipinski definition) is 1. The molecule has 0 amide bonds. The molecule has 0 atom stereocenters. The van der Waals surface area contributed by atoms with Crippen molar-refractivity contribution in [3.8, 4) is 0 Å². The summed E-state index contributed by atoms with van der Waals surface area (Å²) < 4.78 is 14.4. The fourth-order valence-electron chi connectivity index (χ4n) is 2.29. The Balaban J connectivity index is 1.96. The fraction of sp³-hybridized carbons (Fsp3) is 0.467. The zero-order valence-electron chi connectivity index (χ0n) is 12.3. The van der Waals surface area contributed by atoms with E-state index in [1.165, 1.54) is 4.70 Å². The molecule has 0 bridgehead atoms. The number of rotatable bonds is 2. The minimum atomic E-state index is -0.315. The quantitative estimate of drug-likeness (QED) is 0.864. The van der Waals surface area contributed by atoms with Crippen LogP contribution < -0.4 is 4.78 Å². The van der Waals surface area contributed by atoms with Crippen LogP contribution in [0, 0.1) is 0 Å². The molecule has 20 heavy (non-hydrogen) atoms. The molecule has 0 unspecified atom stereocenters. The molecule has 1 N–H and O–H groups in total. The molecule has 106 valence electrons. The van der Waals surface area contributed by atoms with Gasteiger partial charge in [-0.15, -0.1) is 11.3 Å². The van der Waals surface area contributed by atoms with Gasteiger partial charge in [0.2, 0.25) is 0 Å². The normalized spacial score (nSPS) is 20.8. The van der Waals surface area contributed by atoms with Gasteiger partial charge in [0.25, 0.3) is 0 Å². The Kier molecular flexibility index (Phi) is 3.21. The van der Waals surface area contributed by atoms with Gasteiger partial charge in [-0.05, 0) is 56.8 Å². The summed E-state index contributed by atoms with van der Waals surface area (Å²) in [6.45, 7) is 8.31. The Morgan fingerprint density at radius 3 is 2.35 bits per heavy atom. The molecule has 1 aromatic heterocycles. The minimum absolute atomic E-state index is 0.0671. The van der Waals surface area contributed by atoms with Crippen LogP contribution in [0.4, 0.5) is 0 Å². The number of benzene rings is 1. The second kappa shape index (κ2) is 4.56. The van der Waals surface area contributed by atoms with E-state index in [0.717, 1.165) is 15.7 Å². The van der Waals surface area contributed by atoms with Crippen LogP contribution in [0.2, 0.25) is 0 Å². The van der Waals surface area contributed by atoms with E-state index in [9.17, 15) is 5.11 Å². The lowest BCUT2D eigenvalue weighted by atomic mass is 9.87. The smallest absolute Gasteiger partial charge is 0.399 e. The molecule has 2 heterocycles. The Hall–Kier alpha value is -0.875. The van der Waals surface area contributed by atoms with Crippen LogP contribution >= 0.6 is 11.3 Å². The van der Waals surface area contributed by atoms with Gasteiger partial charge in [0.15, 0.2) is 0 Å². The van der Waals surface area contributed by atoms with Gasteiger partial charge in [-0.1, -0.05) is 6.07 Å². The van der Waals surface area contributed by atoms with Gasteiger partial charge in [0, 0.05) is 9.48 Å². The Bertz CT molecular complexity index is 632. The molecular formula is C15H19BO3S. The average Bonchev–Trinajstić information content (AvgIpc) is 2.87. The summed E-state index contributed by atoms with van der Waals surface area (Å²) in [7, 11) is -0.310. The summed E-state index contributed by atoms with van der Waals surface area (Å²) in [4.78, 5) is 0. The lowest BCUT2D eigenvalue weighted by molar-refractivity contribution is 0.00578. The molecule has 5 heteroatoms. The van der Waals surface area contributed by atoms with Crippen LogP contribution in [0.15, 0.2) is 24.3 Å². The van der Waals surface area contributed by atoms with Gasteiger partial charge in [-0.2, -0.15) is 0 Å². The van der Waals surface area contributed by atoms with Crippen LogP contribution in [0.25, 0.3) is 10.1 Å². The molecule has 1 aliphatic rings. The second-order valence-corrected chi connectivity index (χ2v) is 7.38. The van der Waals surface area contributed by atoms with Crippen LogP contribution in [0.1, 0.15) is 33.3 Å². The summed E-state index contributed by atoms with van der Waals surface area (Å²) in [5.74, 6) is 0. The average molecular weight is 290 g/mol. The highest BCUT2D eigenvalue weighted by molar-refractivity contribution is 7.28. The van der Waals surface area contributed by atoms with Crippen LogP contribution in [0.5, 0.6) is 0 Å². The number of fused-ring (bicyclic) bond motifs is 1. The fourth-order valence-corrected chi connectivity index (χ4v) is 3.29. The van der Waals surface area contributed by atoms with E-state index in [2.05, 4.69) is 33.8 Å². The summed E-state index contributed by atoms with van der Waals surface area (Å²) in [5, 5.41) is 10.3. The maximum absolute atomic E-state index is 9.21. The highest BCUT2D eigenvalue weighted by Gasteiger charge is 2.52. The van der Waals surface area contributed by atoms with Crippen molar-refractivity contribution in [2.24, 2.45) is 0 Å². The predicted molar refractivity (Wildman–Crippen MR) is 83.5 cm³/mol. The summed E-state index contributed by atoms with van der Waals surface area (Å²) in [5.41, 5.74) is 0.296. The number of aliphatic hydroxyl groups is 1. The molecule has 3 rings (SSSR count). The molecular weight excluding hydrogens is 271 g/mol. The standard InChI is InChI=1S/C15H19BO3S/c1-14(2)15(3,4)19-16(18-14)13-8-11-7-10(9-17)5-6-12(11)20-13/h5-8,17H,9H2,1-4H3. The maximum Gasteiger partial charge on any atom is 0.505 e. The highest BCUT2D eigenvalue weighted by Crippen LogP contribution is 2.37.